The van der Waals surface area contributed by atoms with Gasteiger partial charge >= 0.3 is 0 Å². The highest BCUT2D eigenvalue weighted by molar-refractivity contribution is 5.79. The average molecular weight is 287 g/mol. The van der Waals surface area contributed by atoms with Gasteiger partial charge in [0.2, 0.25) is 0 Å². The first-order valence-corrected chi connectivity index (χ1v) is 6.96. The first kappa shape index (κ1) is 14.9. The van der Waals surface area contributed by atoms with Gasteiger partial charge in [0, 0.05) is 13.1 Å². The molecule has 0 saturated carbocycles. The Bertz CT molecular complexity index is 598. The van der Waals surface area contributed by atoms with Gasteiger partial charge in [0.25, 0.3) is 0 Å². The fourth-order valence-corrected chi connectivity index (χ4v) is 2.14. The van der Waals surface area contributed by atoms with Crippen molar-refractivity contribution in [2.45, 2.75) is 13.8 Å². The number of nitrogens with zero attached hydrogens (tertiary/aromatic N) is 3. The lowest BCUT2D eigenvalue weighted by molar-refractivity contribution is 0.417. The van der Waals surface area contributed by atoms with E-state index in [0.29, 0.717) is 11.5 Å². The van der Waals surface area contributed by atoms with E-state index in [1.165, 1.54) is 6.33 Å². The molecule has 6 heteroatoms. The molecule has 1 aromatic heterocycles. The van der Waals surface area contributed by atoms with Crippen LogP contribution in [0.25, 0.3) is 0 Å². The van der Waals surface area contributed by atoms with Crippen LogP contribution < -0.4 is 20.7 Å². The van der Waals surface area contributed by atoms with Crippen LogP contribution in [0.2, 0.25) is 0 Å². The molecule has 0 aliphatic rings. The summed E-state index contributed by atoms with van der Waals surface area (Å²) in [5.74, 6) is 2.06. The van der Waals surface area contributed by atoms with Crippen molar-refractivity contribution in [2.75, 3.05) is 36.1 Å². The van der Waals surface area contributed by atoms with Crippen LogP contribution >= 0.6 is 0 Å². The maximum atomic E-state index is 6.20. The van der Waals surface area contributed by atoms with E-state index >= 15 is 0 Å². The lowest BCUT2D eigenvalue weighted by Crippen LogP contribution is -2.24. The predicted molar refractivity (Wildman–Crippen MR) is 86.3 cm³/mol. The molecule has 0 saturated heterocycles. The van der Waals surface area contributed by atoms with Crippen LogP contribution in [0.5, 0.6) is 5.75 Å². The van der Waals surface area contributed by atoms with Crippen molar-refractivity contribution in [2.24, 2.45) is 0 Å². The normalized spacial score (nSPS) is 10.2. The number of nitrogens with two attached hydrogens (primary N) is 1. The molecule has 21 heavy (non-hydrogen) atoms. The van der Waals surface area contributed by atoms with E-state index in [4.69, 9.17) is 10.5 Å². The van der Waals surface area contributed by atoms with Crippen LogP contribution in [0.1, 0.15) is 13.8 Å². The third-order valence-electron chi connectivity index (χ3n) is 3.29. The molecule has 0 aliphatic heterocycles. The maximum absolute atomic E-state index is 6.20. The average Bonchev–Trinajstić information content (AvgIpc) is 2.52. The number of methoxy groups -OCH3 is 1. The Hall–Kier alpha value is -2.50. The highest BCUT2D eigenvalue weighted by Gasteiger charge is 2.13. The van der Waals surface area contributed by atoms with Gasteiger partial charge in [-0.15, -0.1) is 0 Å². The van der Waals surface area contributed by atoms with Crippen molar-refractivity contribution < 1.29 is 4.74 Å². The van der Waals surface area contributed by atoms with E-state index in [9.17, 15) is 0 Å². The van der Waals surface area contributed by atoms with Crippen LogP contribution in [0, 0.1) is 0 Å². The summed E-state index contributed by atoms with van der Waals surface area (Å²) in [5, 5.41) is 3.21. The first-order valence-electron chi connectivity index (χ1n) is 6.96. The molecular formula is C15H21N5O. The molecule has 0 fully saturated rings. The number of hydrogen-bond donors (Lipinski definition) is 2. The van der Waals surface area contributed by atoms with Gasteiger partial charge in [-0.3, -0.25) is 0 Å². The van der Waals surface area contributed by atoms with Crippen molar-refractivity contribution in [3.63, 3.8) is 0 Å². The molecular weight excluding hydrogens is 266 g/mol. The highest BCUT2D eigenvalue weighted by atomic mass is 16.5. The molecule has 1 heterocycles. The summed E-state index contributed by atoms with van der Waals surface area (Å²) in [6.07, 6.45) is 1.52. The van der Waals surface area contributed by atoms with Crippen LogP contribution in [-0.4, -0.2) is 30.2 Å². The fraction of sp³-hybridized carbons (Fsp3) is 0.333. The number of aromatic nitrogens is 2. The molecule has 6 nitrogen and oxygen atoms in total. The van der Waals surface area contributed by atoms with Gasteiger partial charge in [-0.25, -0.2) is 9.97 Å². The van der Waals surface area contributed by atoms with E-state index in [-0.39, 0.29) is 0 Å². The van der Waals surface area contributed by atoms with Crippen LogP contribution in [0.15, 0.2) is 30.6 Å². The molecule has 112 valence electrons. The van der Waals surface area contributed by atoms with E-state index in [2.05, 4.69) is 34.0 Å². The fourth-order valence-electron chi connectivity index (χ4n) is 2.14. The third kappa shape index (κ3) is 3.16. The lowest BCUT2D eigenvalue weighted by Gasteiger charge is -2.22. The Morgan fingerprint density at radius 3 is 2.57 bits per heavy atom. The number of anilines is 4. The minimum absolute atomic E-state index is 0.534. The zero-order chi connectivity index (χ0) is 15.2. The second-order valence-corrected chi connectivity index (χ2v) is 4.46. The molecule has 0 atom stereocenters. The Kier molecular flexibility index (Phi) is 4.81. The number of para-hydroxylation sites is 2. The van der Waals surface area contributed by atoms with E-state index < -0.39 is 0 Å². The second-order valence-electron chi connectivity index (χ2n) is 4.46. The Morgan fingerprint density at radius 1 is 1.19 bits per heavy atom. The van der Waals surface area contributed by atoms with Gasteiger partial charge in [0.05, 0.1) is 12.8 Å². The highest BCUT2D eigenvalue weighted by Crippen LogP contribution is 2.31. The van der Waals surface area contributed by atoms with Crippen molar-refractivity contribution in [1.29, 1.82) is 0 Å². The van der Waals surface area contributed by atoms with E-state index in [1.54, 1.807) is 7.11 Å². The van der Waals surface area contributed by atoms with Crippen molar-refractivity contribution in [3.05, 3.63) is 30.6 Å². The van der Waals surface area contributed by atoms with E-state index in [0.717, 1.165) is 30.3 Å². The number of benzene rings is 1. The third-order valence-corrected chi connectivity index (χ3v) is 3.29. The SMILES string of the molecule is CCN(CC)c1ncnc(Nc2ccccc2OC)c1N. The molecule has 0 unspecified atom stereocenters. The number of rotatable bonds is 6. The number of nitrogen functional groups attached to an aromatic ring is 1. The van der Waals surface area contributed by atoms with Gasteiger partial charge < -0.3 is 20.7 Å². The van der Waals surface area contributed by atoms with Crippen molar-refractivity contribution in [3.8, 4) is 5.75 Å². The molecule has 0 bridgehead atoms. The molecule has 0 spiro atoms. The van der Waals surface area contributed by atoms with Gasteiger partial charge in [0.15, 0.2) is 11.6 Å². The van der Waals surface area contributed by atoms with Gasteiger partial charge in [-0.1, -0.05) is 12.1 Å². The summed E-state index contributed by atoms with van der Waals surface area (Å²) in [4.78, 5) is 10.6. The molecule has 3 N–H and O–H groups in total. The molecule has 1 aromatic carbocycles. The number of nitrogens with one attached hydrogen (secondary N) is 1. The summed E-state index contributed by atoms with van der Waals surface area (Å²) in [5.41, 5.74) is 7.55. The maximum Gasteiger partial charge on any atom is 0.159 e. The van der Waals surface area contributed by atoms with Crippen molar-refractivity contribution >= 4 is 23.0 Å². The number of hydrogen-bond acceptors (Lipinski definition) is 6. The largest absolute Gasteiger partial charge is 0.495 e. The second kappa shape index (κ2) is 6.78. The topological polar surface area (TPSA) is 76.3 Å². The Labute approximate surface area is 125 Å². The van der Waals surface area contributed by atoms with Crippen LogP contribution in [-0.2, 0) is 0 Å². The quantitative estimate of drug-likeness (QED) is 0.850. The van der Waals surface area contributed by atoms with Crippen LogP contribution in [0.4, 0.5) is 23.0 Å². The smallest absolute Gasteiger partial charge is 0.159 e. The standard InChI is InChI=1S/C15H21N5O/c1-4-20(5-2)15-13(16)14(17-10-18-15)19-11-8-6-7-9-12(11)21-3/h6-10H,4-5,16H2,1-3H3,(H,17,18,19). The zero-order valence-electron chi connectivity index (χ0n) is 12.6. The summed E-state index contributed by atoms with van der Waals surface area (Å²) in [6, 6.07) is 7.63. The van der Waals surface area contributed by atoms with Crippen LogP contribution in [0.3, 0.4) is 0 Å². The molecule has 0 amide bonds. The molecule has 0 aliphatic carbocycles. The predicted octanol–water partition coefficient (Wildman–Crippen LogP) is 2.66. The minimum Gasteiger partial charge on any atom is -0.495 e. The minimum atomic E-state index is 0.534. The van der Waals surface area contributed by atoms with Gasteiger partial charge in [-0.05, 0) is 26.0 Å². The Morgan fingerprint density at radius 2 is 1.90 bits per heavy atom. The molecule has 0 radical (unpaired) electrons. The summed E-state index contributed by atoms with van der Waals surface area (Å²) < 4.78 is 5.32. The molecule has 2 aromatic rings. The van der Waals surface area contributed by atoms with E-state index in [1.807, 2.05) is 24.3 Å². The number of ether oxygens (including phenoxy) is 1. The van der Waals surface area contributed by atoms with Gasteiger partial charge in [0.1, 0.15) is 17.8 Å². The monoisotopic (exact) mass is 287 g/mol. The lowest BCUT2D eigenvalue weighted by atomic mass is 10.3. The summed E-state index contributed by atoms with van der Waals surface area (Å²) in [6.45, 7) is 5.81. The first-order chi connectivity index (χ1) is 10.2. The molecule has 2 rings (SSSR count). The summed E-state index contributed by atoms with van der Waals surface area (Å²) in [7, 11) is 1.63. The van der Waals surface area contributed by atoms with Gasteiger partial charge in [-0.2, -0.15) is 0 Å². The zero-order valence-corrected chi connectivity index (χ0v) is 12.6. The van der Waals surface area contributed by atoms with Crippen molar-refractivity contribution in [1.82, 2.24) is 9.97 Å². The Balaban J connectivity index is 2.35. The summed E-state index contributed by atoms with van der Waals surface area (Å²) >= 11 is 0.